The molecule has 6 heteroatoms. The molecule has 3 saturated heterocycles. The van der Waals surface area contributed by atoms with Crippen LogP contribution in [-0.4, -0.2) is 23.6 Å². The number of nitriles is 2. The fraction of sp³-hybridized carbons (Fsp3) is 0.714. The molecule has 5 rings (SSSR count). The lowest BCUT2D eigenvalue weighted by molar-refractivity contribution is -0.348. The molecule has 5 aliphatic rings. The molecular weight excluding hydrogens is 256 g/mol. The van der Waals surface area contributed by atoms with Crippen molar-refractivity contribution in [3.05, 3.63) is 0 Å². The molecule has 4 aliphatic heterocycles. The molecule has 0 aromatic rings. The first-order valence-electron chi connectivity index (χ1n) is 6.95. The molecule has 20 heavy (non-hydrogen) atoms. The summed E-state index contributed by atoms with van der Waals surface area (Å²) in [5, 5.41) is 27.9. The van der Waals surface area contributed by atoms with Gasteiger partial charge in [-0.1, -0.05) is 6.42 Å². The maximum Gasteiger partial charge on any atom is 0.218 e. The van der Waals surface area contributed by atoms with Crippen molar-refractivity contribution in [2.45, 2.75) is 44.5 Å². The standard InChI is InChI=1S/C14H14N4O2/c1-8-12(6-15)11-18-10(17)13(12,7-16)9-4-2-3-5-14(9,19-8)20-11/h8-9,17H,2-5H2,1H3/t8-,9+,12+,13-,14+/m0/s1. The van der Waals surface area contributed by atoms with E-state index in [1.807, 2.05) is 0 Å². The fourth-order valence-electron chi connectivity index (χ4n) is 4.62. The quantitative estimate of drug-likeness (QED) is 0.724. The van der Waals surface area contributed by atoms with E-state index in [1.165, 1.54) is 0 Å². The number of hydrogen-bond acceptors (Lipinski definition) is 5. The molecule has 6 nitrogen and oxygen atoms in total. The van der Waals surface area contributed by atoms with Gasteiger partial charge < -0.3 is 9.47 Å². The van der Waals surface area contributed by atoms with Crippen LogP contribution in [0.15, 0.2) is 4.99 Å². The minimum atomic E-state index is -1.26. The molecule has 1 spiro atoms. The topological polar surface area (TPSA) is 102 Å². The normalized spacial score (nSPS) is 51.5. The van der Waals surface area contributed by atoms with Gasteiger partial charge in [0.25, 0.3) is 0 Å². The molecule has 0 aromatic carbocycles. The predicted octanol–water partition coefficient (Wildman–Crippen LogP) is 1.73. The van der Waals surface area contributed by atoms with E-state index in [0.29, 0.717) is 6.42 Å². The Bertz CT molecular complexity index is 645. The Labute approximate surface area is 116 Å². The summed E-state index contributed by atoms with van der Waals surface area (Å²) < 4.78 is 12.0. The molecule has 1 saturated carbocycles. The highest BCUT2D eigenvalue weighted by Gasteiger charge is 2.82. The van der Waals surface area contributed by atoms with Crippen LogP contribution >= 0.6 is 0 Å². The maximum absolute atomic E-state index is 9.88. The van der Waals surface area contributed by atoms with E-state index in [2.05, 4.69) is 17.1 Å². The molecule has 1 N–H and O–H groups in total. The zero-order chi connectivity index (χ0) is 14.2. The van der Waals surface area contributed by atoms with E-state index in [9.17, 15) is 10.5 Å². The summed E-state index contributed by atoms with van der Waals surface area (Å²) >= 11 is 0. The minimum Gasteiger partial charge on any atom is -0.447 e. The number of fused-ring (bicyclic) bond motifs is 1. The van der Waals surface area contributed by atoms with Crippen molar-refractivity contribution in [3.8, 4) is 12.1 Å². The number of rotatable bonds is 0. The van der Waals surface area contributed by atoms with Crippen LogP contribution in [0.3, 0.4) is 0 Å². The van der Waals surface area contributed by atoms with Gasteiger partial charge in [-0.05, 0) is 19.8 Å². The summed E-state index contributed by atoms with van der Waals surface area (Å²) in [4.78, 5) is 4.14. The van der Waals surface area contributed by atoms with Gasteiger partial charge in [-0.25, -0.2) is 0 Å². The molecule has 4 fully saturated rings. The Hall–Kier alpha value is -1.92. The van der Waals surface area contributed by atoms with Crippen LogP contribution in [0.1, 0.15) is 32.6 Å². The van der Waals surface area contributed by atoms with Gasteiger partial charge in [0.15, 0.2) is 10.8 Å². The smallest absolute Gasteiger partial charge is 0.218 e. The number of ether oxygens (including phenoxy) is 2. The van der Waals surface area contributed by atoms with Gasteiger partial charge >= 0.3 is 0 Å². The predicted molar refractivity (Wildman–Crippen MR) is 67.6 cm³/mol. The molecule has 4 heterocycles. The van der Waals surface area contributed by atoms with Crippen LogP contribution < -0.4 is 0 Å². The van der Waals surface area contributed by atoms with Gasteiger partial charge in [0.2, 0.25) is 11.7 Å². The van der Waals surface area contributed by atoms with Crippen LogP contribution in [0, 0.1) is 44.8 Å². The lowest BCUT2D eigenvalue weighted by atomic mass is 9.49. The van der Waals surface area contributed by atoms with Crippen molar-refractivity contribution in [1.29, 1.82) is 15.9 Å². The molecular formula is C14H14N4O2. The fourth-order valence-corrected chi connectivity index (χ4v) is 4.62. The van der Waals surface area contributed by atoms with E-state index in [-0.39, 0.29) is 17.7 Å². The Morgan fingerprint density at radius 3 is 2.75 bits per heavy atom. The number of hydrogen-bond donors (Lipinski definition) is 1. The summed E-state index contributed by atoms with van der Waals surface area (Å²) in [6, 6.07) is 4.51. The van der Waals surface area contributed by atoms with Crippen molar-refractivity contribution in [1.82, 2.24) is 0 Å². The van der Waals surface area contributed by atoms with Gasteiger partial charge in [0, 0.05) is 6.42 Å². The van der Waals surface area contributed by atoms with Crippen LogP contribution in [0.4, 0.5) is 0 Å². The molecule has 5 atom stereocenters. The van der Waals surface area contributed by atoms with E-state index >= 15 is 0 Å². The van der Waals surface area contributed by atoms with Crippen LogP contribution in [0.25, 0.3) is 0 Å². The first-order chi connectivity index (χ1) is 9.57. The van der Waals surface area contributed by atoms with Crippen molar-refractivity contribution in [2.24, 2.45) is 21.7 Å². The largest absolute Gasteiger partial charge is 0.447 e. The van der Waals surface area contributed by atoms with Crippen molar-refractivity contribution in [3.63, 3.8) is 0 Å². The number of amidine groups is 1. The van der Waals surface area contributed by atoms with Gasteiger partial charge in [-0.2, -0.15) is 15.5 Å². The first-order valence-corrected chi connectivity index (χ1v) is 6.95. The van der Waals surface area contributed by atoms with Gasteiger partial charge in [0.1, 0.15) is 5.84 Å². The van der Waals surface area contributed by atoms with Gasteiger partial charge in [-0.3, -0.25) is 5.41 Å². The summed E-state index contributed by atoms with van der Waals surface area (Å²) in [5.74, 6) is -0.954. The second kappa shape index (κ2) is 3.21. The lowest BCUT2D eigenvalue weighted by Gasteiger charge is -2.62. The first kappa shape index (κ1) is 11.9. The average molecular weight is 270 g/mol. The molecule has 0 aromatic heterocycles. The zero-order valence-corrected chi connectivity index (χ0v) is 11.1. The summed E-state index contributed by atoms with van der Waals surface area (Å²) in [5.41, 5.74) is -2.48. The highest BCUT2D eigenvalue weighted by Crippen LogP contribution is 2.68. The van der Waals surface area contributed by atoms with Gasteiger partial charge in [0.05, 0.1) is 24.2 Å². The lowest BCUT2D eigenvalue weighted by Crippen LogP contribution is -2.74. The molecule has 102 valence electrons. The van der Waals surface area contributed by atoms with Crippen LogP contribution in [-0.2, 0) is 9.47 Å². The molecule has 4 bridgehead atoms. The van der Waals surface area contributed by atoms with E-state index < -0.39 is 22.7 Å². The molecule has 1 aliphatic carbocycles. The third-order valence-electron chi connectivity index (χ3n) is 5.48. The second-order valence-corrected chi connectivity index (χ2v) is 6.08. The Morgan fingerprint density at radius 1 is 1.30 bits per heavy atom. The average Bonchev–Trinajstić information content (AvgIpc) is 2.63. The summed E-state index contributed by atoms with van der Waals surface area (Å²) in [6.07, 6.45) is 2.86. The minimum absolute atomic E-state index is 0.0273. The Kier molecular flexibility index (Phi) is 1.91. The number of nitrogens with zero attached hydrogens (tertiary/aromatic N) is 3. The van der Waals surface area contributed by atoms with E-state index in [0.717, 1.165) is 19.3 Å². The van der Waals surface area contributed by atoms with E-state index in [4.69, 9.17) is 14.9 Å². The molecule has 0 unspecified atom stereocenters. The molecule has 0 amide bonds. The highest BCUT2D eigenvalue weighted by molar-refractivity contribution is 6.12. The highest BCUT2D eigenvalue weighted by atomic mass is 16.7. The van der Waals surface area contributed by atoms with Crippen molar-refractivity contribution in [2.75, 3.05) is 0 Å². The summed E-state index contributed by atoms with van der Waals surface area (Å²) in [6.45, 7) is 1.79. The zero-order valence-electron chi connectivity index (χ0n) is 11.1. The second-order valence-electron chi connectivity index (χ2n) is 6.08. The van der Waals surface area contributed by atoms with Crippen LogP contribution in [0.2, 0.25) is 0 Å². The SMILES string of the molecule is C[C@@H]1O[C@@]23CCCC[C@@H]2[C@@]2(C#N)C(=N)N=C(O3)[C@@]12C#N. The van der Waals surface area contributed by atoms with Crippen molar-refractivity contribution < 1.29 is 9.47 Å². The number of nitrogens with one attached hydrogen (secondary N) is 1. The van der Waals surface area contributed by atoms with Crippen LogP contribution in [0.5, 0.6) is 0 Å². The third-order valence-corrected chi connectivity index (χ3v) is 5.48. The maximum atomic E-state index is 9.88. The molecule has 0 radical (unpaired) electrons. The Balaban J connectivity index is 2.05. The number of aliphatic imine (C=N–C) groups is 1. The van der Waals surface area contributed by atoms with Gasteiger partial charge in [-0.15, -0.1) is 0 Å². The Morgan fingerprint density at radius 2 is 2.05 bits per heavy atom. The summed E-state index contributed by atoms with van der Waals surface area (Å²) in [7, 11) is 0. The third kappa shape index (κ3) is 0.863. The van der Waals surface area contributed by atoms with E-state index in [1.54, 1.807) is 6.92 Å². The van der Waals surface area contributed by atoms with Crippen molar-refractivity contribution >= 4 is 11.7 Å². The monoisotopic (exact) mass is 270 g/mol.